The molecule has 0 aliphatic heterocycles. The molecular formula is C15H13N3O2S2. The van der Waals surface area contributed by atoms with Crippen molar-refractivity contribution in [2.45, 2.75) is 4.90 Å². The Morgan fingerprint density at radius 1 is 1.32 bits per heavy atom. The van der Waals surface area contributed by atoms with Crippen LogP contribution in [0.1, 0.15) is 0 Å². The van der Waals surface area contributed by atoms with Crippen molar-refractivity contribution in [3.8, 4) is 10.4 Å². The number of carboxylic acids is 1. The van der Waals surface area contributed by atoms with Crippen LogP contribution in [0.5, 0.6) is 0 Å². The second-order valence-corrected chi connectivity index (χ2v) is 6.45. The molecule has 7 heteroatoms. The van der Waals surface area contributed by atoms with Crippen LogP contribution in [0.4, 0.5) is 5.82 Å². The van der Waals surface area contributed by atoms with Gasteiger partial charge < -0.3 is 10.4 Å². The fraction of sp³-hybridized carbons (Fsp3) is 0.133. The van der Waals surface area contributed by atoms with Crippen LogP contribution >= 0.6 is 23.1 Å². The molecule has 0 aliphatic carbocycles. The number of hydrogen-bond acceptors (Lipinski definition) is 6. The zero-order valence-corrected chi connectivity index (χ0v) is 13.4. The lowest BCUT2D eigenvalue weighted by atomic mass is 10.2. The smallest absolute Gasteiger partial charge is 0.322 e. The topological polar surface area (TPSA) is 75.1 Å². The number of carboxylic acid groups (broad SMARTS) is 1. The number of aromatic nitrogens is 2. The van der Waals surface area contributed by atoms with Gasteiger partial charge in [-0.3, -0.25) is 4.79 Å². The minimum atomic E-state index is -0.920. The van der Waals surface area contributed by atoms with Gasteiger partial charge in [-0.1, -0.05) is 12.1 Å². The first-order valence-electron chi connectivity index (χ1n) is 6.52. The van der Waals surface area contributed by atoms with E-state index >= 15 is 0 Å². The molecule has 2 N–H and O–H groups in total. The van der Waals surface area contributed by atoms with Gasteiger partial charge in [-0.2, -0.15) is 0 Å². The zero-order valence-electron chi connectivity index (χ0n) is 11.7. The molecule has 0 bridgehead atoms. The van der Waals surface area contributed by atoms with Crippen molar-refractivity contribution in [3.63, 3.8) is 0 Å². The molecule has 0 amide bonds. The van der Waals surface area contributed by atoms with Gasteiger partial charge in [-0.05, 0) is 30.0 Å². The normalized spacial score (nSPS) is 10.8. The van der Waals surface area contributed by atoms with Gasteiger partial charge in [0.25, 0.3) is 0 Å². The van der Waals surface area contributed by atoms with Crippen LogP contribution in [0.25, 0.3) is 20.7 Å². The number of nitrogens with zero attached hydrogens (tertiary/aromatic N) is 2. The number of fused-ring (bicyclic) bond motifs is 1. The summed E-state index contributed by atoms with van der Waals surface area (Å²) in [6.07, 6.45) is 3.49. The Bertz CT molecular complexity index is 815. The lowest BCUT2D eigenvalue weighted by Crippen LogP contribution is -2.13. The van der Waals surface area contributed by atoms with Crippen molar-refractivity contribution < 1.29 is 9.90 Å². The molecule has 2 aromatic heterocycles. The number of thiophene rings is 1. The summed E-state index contributed by atoms with van der Waals surface area (Å²) in [6.45, 7) is -0.165. The number of nitrogens with one attached hydrogen (secondary N) is 1. The van der Waals surface area contributed by atoms with Gasteiger partial charge in [-0.25, -0.2) is 9.97 Å². The van der Waals surface area contributed by atoms with E-state index in [0.29, 0.717) is 5.82 Å². The molecule has 0 atom stereocenters. The number of thioether (sulfide) groups is 1. The highest BCUT2D eigenvalue weighted by molar-refractivity contribution is 7.98. The molecule has 0 radical (unpaired) electrons. The van der Waals surface area contributed by atoms with Crippen LogP contribution in [-0.4, -0.2) is 33.8 Å². The van der Waals surface area contributed by atoms with E-state index in [1.807, 2.05) is 12.3 Å². The van der Waals surface area contributed by atoms with Gasteiger partial charge in [0.2, 0.25) is 0 Å². The molecule has 0 unspecified atom stereocenters. The molecule has 112 valence electrons. The monoisotopic (exact) mass is 331 g/mol. The fourth-order valence-corrected chi connectivity index (χ4v) is 3.53. The Morgan fingerprint density at radius 3 is 2.77 bits per heavy atom. The zero-order chi connectivity index (χ0) is 15.5. The number of aliphatic carboxylic acids is 1. The highest BCUT2D eigenvalue weighted by Crippen LogP contribution is 2.36. The molecule has 0 aliphatic rings. The molecule has 22 heavy (non-hydrogen) atoms. The van der Waals surface area contributed by atoms with Crippen LogP contribution in [0.3, 0.4) is 0 Å². The third kappa shape index (κ3) is 3.05. The molecule has 0 spiro atoms. The van der Waals surface area contributed by atoms with Crippen molar-refractivity contribution in [2.75, 3.05) is 18.1 Å². The fourth-order valence-electron chi connectivity index (χ4n) is 2.04. The van der Waals surface area contributed by atoms with Gasteiger partial charge in [0.1, 0.15) is 18.7 Å². The Morgan fingerprint density at radius 2 is 2.09 bits per heavy atom. The quantitative estimate of drug-likeness (QED) is 0.696. The maximum atomic E-state index is 10.7. The van der Waals surface area contributed by atoms with Crippen molar-refractivity contribution in [2.24, 2.45) is 0 Å². The summed E-state index contributed by atoms with van der Waals surface area (Å²) in [5, 5.41) is 11.6. The summed E-state index contributed by atoms with van der Waals surface area (Å²) in [6, 6.07) is 10.3. The maximum absolute atomic E-state index is 10.7. The number of rotatable bonds is 5. The molecule has 0 saturated heterocycles. The van der Waals surface area contributed by atoms with Crippen molar-refractivity contribution in [1.29, 1.82) is 0 Å². The predicted molar refractivity (Wildman–Crippen MR) is 90.8 cm³/mol. The van der Waals surface area contributed by atoms with Crippen LogP contribution < -0.4 is 5.32 Å². The molecule has 0 saturated carbocycles. The van der Waals surface area contributed by atoms with E-state index in [9.17, 15) is 4.79 Å². The average molecular weight is 331 g/mol. The highest BCUT2D eigenvalue weighted by atomic mass is 32.2. The molecule has 5 nitrogen and oxygen atoms in total. The van der Waals surface area contributed by atoms with Crippen molar-refractivity contribution in [1.82, 2.24) is 9.97 Å². The number of carbonyl (C=O) groups is 1. The van der Waals surface area contributed by atoms with Crippen LogP contribution in [0, 0.1) is 0 Å². The van der Waals surface area contributed by atoms with Gasteiger partial charge in [0, 0.05) is 9.77 Å². The Balaban J connectivity index is 1.97. The van der Waals surface area contributed by atoms with E-state index < -0.39 is 5.97 Å². The predicted octanol–water partition coefficient (Wildman–Crippen LogP) is 3.58. The molecule has 1 aromatic carbocycles. The standard InChI is InChI=1S/C15H13N3O2S2/c1-21-10-4-2-9(3-5-10)12-6-11-14(22-12)15(18-8-17-11)16-7-13(19)20/h2-6,8H,7H2,1H3,(H,19,20)(H,16,17,18). The second-order valence-electron chi connectivity index (χ2n) is 4.52. The minimum absolute atomic E-state index is 0.165. The Kier molecular flexibility index (Phi) is 4.26. The Hall–Kier alpha value is -2.12. The summed E-state index contributed by atoms with van der Waals surface area (Å²) in [5.41, 5.74) is 1.93. The second kappa shape index (κ2) is 6.33. The molecule has 3 aromatic rings. The summed E-state index contributed by atoms with van der Waals surface area (Å²) >= 11 is 3.26. The van der Waals surface area contributed by atoms with Gasteiger partial charge in [0.05, 0.1) is 10.2 Å². The molecule has 0 fully saturated rings. The van der Waals surface area contributed by atoms with E-state index in [0.717, 1.165) is 20.7 Å². The van der Waals surface area contributed by atoms with E-state index in [1.165, 1.54) is 11.2 Å². The van der Waals surface area contributed by atoms with Crippen molar-refractivity contribution in [3.05, 3.63) is 36.7 Å². The SMILES string of the molecule is CSc1ccc(-c2cc3ncnc(NCC(=O)O)c3s2)cc1. The summed E-state index contributed by atoms with van der Waals surface area (Å²) in [4.78, 5) is 21.4. The molecule has 2 heterocycles. The lowest BCUT2D eigenvalue weighted by molar-refractivity contribution is -0.134. The first-order chi connectivity index (χ1) is 10.7. The van der Waals surface area contributed by atoms with Crippen LogP contribution in [-0.2, 0) is 4.79 Å². The third-order valence-corrected chi connectivity index (χ3v) is 5.02. The Labute approximate surface area is 135 Å². The van der Waals surface area contributed by atoms with Gasteiger partial charge in [0.15, 0.2) is 0 Å². The third-order valence-electron chi connectivity index (χ3n) is 3.09. The van der Waals surface area contributed by atoms with E-state index in [-0.39, 0.29) is 6.54 Å². The first kappa shape index (κ1) is 14.8. The van der Waals surface area contributed by atoms with Gasteiger partial charge >= 0.3 is 5.97 Å². The molecule has 3 rings (SSSR count). The molecular weight excluding hydrogens is 318 g/mol. The average Bonchev–Trinajstić information content (AvgIpc) is 2.97. The largest absolute Gasteiger partial charge is 0.480 e. The summed E-state index contributed by atoms with van der Waals surface area (Å²) in [7, 11) is 0. The van der Waals surface area contributed by atoms with Crippen LogP contribution in [0.15, 0.2) is 41.6 Å². The van der Waals surface area contributed by atoms with Crippen molar-refractivity contribution >= 4 is 45.1 Å². The summed E-state index contributed by atoms with van der Waals surface area (Å²) < 4.78 is 0.868. The number of anilines is 1. The number of hydrogen-bond donors (Lipinski definition) is 2. The maximum Gasteiger partial charge on any atom is 0.322 e. The van der Waals surface area contributed by atoms with Crippen LogP contribution in [0.2, 0.25) is 0 Å². The van der Waals surface area contributed by atoms with E-state index in [4.69, 9.17) is 5.11 Å². The number of benzene rings is 1. The summed E-state index contributed by atoms with van der Waals surface area (Å²) in [5.74, 6) is -0.361. The van der Waals surface area contributed by atoms with E-state index in [1.54, 1.807) is 23.1 Å². The minimum Gasteiger partial charge on any atom is -0.480 e. The van der Waals surface area contributed by atoms with E-state index in [2.05, 4.69) is 39.6 Å². The lowest BCUT2D eigenvalue weighted by Gasteiger charge is -2.02. The van der Waals surface area contributed by atoms with Gasteiger partial charge in [-0.15, -0.1) is 23.1 Å². The highest BCUT2D eigenvalue weighted by Gasteiger charge is 2.11. The first-order valence-corrected chi connectivity index (χ1v) is 8.56.